The van der Waals surface area contributed by atoms with Gasteiger partial charge in [0.05, 0.1) is 19.3 Å². The van der Waals surface area contributed by atoms with Gasteiger partial charge < -0.3 is 9.14 Å². The number of halogens is 1. The van der Waals surface area contributed by atoms with E-state index in [1.165, 1.54) is 7.11 Å². The van der Waals surface area contributed by atoms with Gasteiger partial charge in [0.1, 0.15) is 16.3 Å². The third-order valence-electron chi connectivity index (χ3n) is 3.98. The van der Waals surface area contributed by atoms with Crippen LogP contribution >= 0.6 is 15.9 Å². The SMILES string of the molecule is COc1cc(C)c(C)cc1S(=O)(=O)NCc1cn2cc(Br)ccc2n1. The largest absolute Gasteiger partial charge is 0.495 e. The van der Waals surface area contributed by atoms with Crippen molar-refractivity contribution in [3.8, 4) is 5.75 Å². The number of benzene rings is 1. The quantitative estimate of drug-likeness (QED) is 0.683. The van der Waals surface area contributed by atoms with Crippen LogP contribution in [0.25, 0.3) is 5.65 Å². The first-order valence-corrected chi connectivity index (χ1v) is 9.86. The van der Waals surface area contributed by atoms with Crippen LogP contribution in [0.3, 0.4) is 0 Å². The smallest absolute Gasteiger partial charge is 0.244 e. The second kappa shape index (κ2) is 6.78. The molecule has 132 valence electrons. The van der Waals surface area contributed by atoms with E-state index in [2.05, 4.69) is 25.6 Å². The summed E-state index contributed by atoms with van der Waals surface area (Å²) in [7, 11) is -2.26. The molecule has 1 aromatic carbocycles. The summed E-state index contributed by atoms with van der Waals surface area (Å²) in [6, 6.07) is 7.09. The van der Waals surface area contributed by atoms with Crippen LogP contribution in [0.2, 0.25) is 0 Å². The summed E-state index contributed by atoms with van der Waals surface area (Å²) >= 11 is 3.40. The maximum atomic E-state index is 12.7. The average molecular weight is 424 g/mol. The van der Waals surface area contributed by atoms with E-state index >= 15 is 0 Å². The van der Waals surface area contributed by atoms with Crippen LogP contribution in [0.1, 0.15) is 16.8 Å². The molecule has 8 heteroatoms. The highest BCUT2D eigenvalue weighted by Gasteiger charge is 2.21. The number of fused-ring (bicyclic) bond motifs is 1. The Morgan fingerprint density at radius 2 is 1.92 bits per heavy atom. The van der Waals surface area contributed by atoms with Crippen molar-refractivity contribution in [3.05, 3.63) is 58.0 Å². The molecular weight excluding hydrogens is 406 g/mol. The number of methoxy groups -OCH3 is 1. The Labute approximate surface area is 155 Å². The maximum Gasteiger partial charge on any atom is 0.244 e. The molecule has 3 aromatic rings. The number of aryl methyl sites for hydroxylation is 2. The van der Waals surface area contributed by atoms with Crippen LogP contribution in [0.5, 0.6) is 5.75 Å². The summed E-state index contributed by atoms with van der Waals surface area (Å²) in [5.74, 6) is 0.328. The molecule has 0 atom stereocenters. The Hall–Kier alpha value is -1.90. The van der Waals surface area contributed by atoms with Crippen LogP contribution in [-0.2, 0) is 16.6 Å². The fourth-order valence-corrected chi connectivity index (χ4v) is 4.07. The zero-order valence-electron chi connectivity index (χ0n) is 14.1. The topological polar surface area (TPSA) is 72.7 Å². The number of rotatable bonds is 5. The Bertz CT molecular complexity index is 1040. The Kier molecular flexibility index (Phi) is 4.86. The van der Waals surface area contributed by atoms with Crippen molar-refractivity contribution >= 4 is 31.6 Å². The van der Waals surface area contributed by atoms with E-state index in [-0.39, 0.29) is 11.4 Å². The van der Waals surface area contributed by atoms with E-state index in [9.17, 15) is 8.42 Å². The van der Waals surface area contributed by atoms with Gasteiger partial charge in [-0.3, -0.25) is 0 Å². The molecule has 0 aliphatic carbocycles. The normalized spacial score (nSPS) is 11.8. The van der Waals surface area contributed by atoms with Gasteiger partial charge in [0.15, 0.2) is 0 Å². The lowest BCUT2D eigenvalue weighted by atomic mass is 10.1. The second-order valence-corrected chi connectivity index (χ2v) is 8.41. The van der Waals surface area contributed by atoms with Crippen LogP contribution in [0.15, 0.2) is 46.0 Å². The number of ether oxygens (including phenoxy) is 1. The maximum absolute atomic E-state index is 12.7. The van der Waals surface area contributed by atoms with E-state index in [1.807, 2.05) is 36.6 Å². The molecule has 0 fully saturated rings. The van der Waals surface area contributed by atoms with E-state index in [4.69, 9.17) is 4.74 Å². The molecule has 0 amide bonds. The van der Waals surface area contributed by atoms with Gasteiger partial charge in [-0.15, -0.1) is 0 Å². The Balaban J connectivity index is 1.87. The highest BCUT2D eigenvalue weighted by molar-refractivity contribution is 9.10. The molecule has 2 aromatic heterocycles. The summed E-state index contributed by atoms with van der Waals surface area (Å²) < 4.78 is 36.0. The zero-order valence-corrected chi connectivity index (χ0v) is 16.5. The van der Waals surface area contributed by atoms with Crippen LogP contribution in [0, 0.1) is 13.8 Å². The number of imidazole rings is 1. The first kappa shape index (κ1) is 17.9. The first-order valence-electron chi connectivity index (χ1n) is 7.58. The molecule has 0 saturated heterocycles. The van der Waals surface area contributed by atoms with Gasteiger partial charge in [0, 0.05) is 16.9 Å². The molecule has 0 saturated carbocycles. The molecular formula is C17H18BrN3O3S. The second-order valence-electron chi connectivity index (χ2n) is 5.76. The zero-order chi connectivity index (χ0) is 18.2. The molecule has 0 radical (unpaired) electrons. The van der Waals surface area contributed by atoms with Crippen molar-refractivity contribution in [1.82, 2.24) is 14.1 Å². The van der Waals surface area contributed by atoms with Crippen LogP contribution < -0.4 is 9.46 Å². The molecule has 0 aliphatic heterocycles. The minimum absolute atomic E-state index is 0.0950. The molecule has 2 heterocycles. The number of aromatic nitrogens is 2. The van der Waals surface area contributed by atoms with Crippen molar-refractivity contribution in [3.63, 3.8) is 0 Å². The fourth-order valence-electron chi connectivity index (χ4n) is 2.48. The summed E-state index contributed by atoms with van der Waals surface area (Å²) in [6.45, 7) is 3.88. The van der Waals surface area contributed by atoms with Gasteiger partial charge in [0.25, 0.3) is 0 Å². The monoisotopic (exact) mass is 423 g/mol. The van der Waals surface area contributed by atoms with Crippen molar-refractivity contribution in [2.45, 2.75) is 25.3 Å². The summed E-state index contributed by atoms with van der Waals surface area (Å²) in [6.07, 6.45) is 3.66. The minimum atomic E-state index is -3.72. The first-order chi connectivity index (χ1) is 11.8. The molecule has 0 spiro atoms. The molecule has 0 unspecified atom stereocenters. The van der Waals surface area contributed by atoms with Crippen molar-refractivity contribution in [1.29, 1.82) is 0 Å². The molecule has 6 nitrogen and oxygen atoms in total. The minimum Gasteiger partial charge on any atom is -0.495 e. The number of pyridine rings is 1. The van der Waals surface area contributed by atoms with Crippen LogP contribution in [-0.4, -0.2) is 24.9 Å². The number of hydrogen-bond donors (Lipinski definition) is 1. The van der Waals surface area contributed by atoms with E-state index in [0.29, 0.717) is 11.4 Å². The average Bonchev–Trinajstić information content (AvgIpc) is 2.97. The number of hydrogen-bond acceptors (Lipinski definition) is 4. The number of sulfonamides is 1. The summed E-state index contributed by atoms with van der Waals surface area (Å²) in [5, 5.41) is 0. The van der Waals surface area contributed by atoms with Gasteiger partial charge in [-0.05, 0) is 65.2 Å². The lowest BCUT2D eigenvalue weighted by Gasteiger charge is -2.12. The van der Waals surface area contributed by atoms with Crippen molar-refractivity contribution in [2.24, 2.45) is 0 Å². The van der Waals surface area contributed by atoms with E-state index < -0.39 is 10.0 Å². The van der Waals surface area contributed by atoms with Gasteiger partial charge in [-0.25, -0.2) is 18.1 Å². The standard InChI is InChI=1S/C17H18BrN3O3S/c1-11-6-15(24-3)16(7-12(11)2)25(22,23)19-8-14-10-21-9-13(18)4-5-17(21)20-14/h4-7,9-10,19H,8H2,1-3H3. The third kappa shape index (κ3) is 3.70. The van der Waals surface area contributed by atoms with Crippen molar-refractivity contribution in [2.75, 3.05) is 7.11 Å². The predicted octanol–water partition coefficient (Wildman–Crippen LogP) is 3.20. The highest BCUT2D eigenvalue weighted by atomic mass is 79.9. The molecule has 0 aliphatic rings. The summed E-state index contributed by atoms with van der Waals surface area (Å²) in [5.41, 5.74) is 3.24. The Morgan fingerprint density at radius 3 is 2.64 bits per heavy atom. The van der Waals surface area contributed by atoms with Gasteiger partial charge >= 0.3 is 0 Å². The van der Waals surface area contributed by atoms with Gasteiger partial charge in [0.2, 0.25) is 10.0 Å². The van der Waals surface area contributed by atoms with Gasteiger partial charge in [-0.2, -0.15) is 0 Å². The Morgan fingerprint density at radius 1 is 1.20 bits per heavy atom. The molecule has 1 N–H and O–H groups in total. The third-order valence-corrected chi connectivity index (χ3v) is 5.87. The molecule has 3 rings (SSSR count). The van der Waals surface area contributed by atoms with E-state index in [0.717, 1.165) is 21.2 Å². The van der Waals surface area contributed by atoms with Gasteiger partial charge in [-0.1, -0.05) is 0 Å². The predicted molar refractivity (Wildman–Crippen MR) is 99.4 cm³/mol. The fraction of sp³-hybridized carbons (Fsp3) is 0.235. The number of nitrogens with zero attached hydrogens (tertiary/aromatic N) is 2. The van der Waals surface area contributed by atoms with Crippen molar-refractivity contribution < 1.29 is 13.2 Å². The number of nitrogens with one attached hydrogen (secondary N) is 1. The molecule has 0 bridgehead atoms. The lowest BCUT2D eigenvalue weighted by Crippen LogP contribution is -2.24. The highest BCUT2D eigenvalue weighted by Crippen LogP contribution is 2.27. The van der Waals surface area contributed by atoms with E-state index in [1.54, 1.807) is 18.3 Å². The lowest BCUT2D eigenvalue weighted by molar-refractivity contribution is 0.401. The molecule has 25 heavy (non-hydrogen) atoms. The summed E-state index contributed by atoms with van der Waals surface area (Å²) in [4.78, 5) is 4.54. The van der Waals surface area contributed by atoms with Crippen LogP contribution in [0.4, 0.5) is 0 Å².